The first-order valence-electron chi connectivity index (χ1n) is 9.63. The zero-order valence-electron chi connectivity index (χ0n) is 16.0. The van der Waals surface area contributed by atoms with Crippen molar-refractivity contribution in [3.05, 3.63) is 70.2 Å². The maximum atomic E-state index is 13.1. The number of rotatable bonds is 4. The molecule has 1 amide bonds. The summed E-state index contributed by atoms with van der Waals surface area (Å²) in [7, 11) is 0. The Balaban J connectivity index is 1.62. The van der Waals surface area contributed by atoms with E-state index >= 15 is 0 Å². The monoisotopic (exact) mass is 397 g/mol. The summed E-state index contributed by atoms with van der Waals surface area (Å²) in [6.45, 7) is 5.30. The molecule has 0 aromatic heterocycles. The summed E-state index contributed by atoms with van der Waals surface area (Å²) in [6.07, 6.45) is 0.654. The van der Waals surface area contributed by atoms with Crippen LogP contribution in [0.15, 0.2) is 53.6 Å². The van der Waals surface area contributed by atoms with Gasteiger partial charge in [0, 0.05) is 30.1 Å². The van der Waals surface area contributed by atoms with E-state index in [2.05, 4.69) is 36.1 Å². The summed E-state index contributed by atoms with van der Waals surface area (Å²) >= 11 is 6.40. The van der Waals surface area contributed by atoms with Crippen LogP contribution in [0.4, 0.5) is 0 Å². The summed E-state index contributed by atoms with van der Waals surface area (Å²) in [5, 5.41) is 7.03. The number of hydrogen-bond donors (Lipinski definition) is 0. The largest absolute Gasteiger partial charge is 0.379 e. The van der Waals surface area contributed by atoms with Crippen molar-refractivity contribution in [3.8, 4) is 0 Å². The molecule has 0 saturated carbocycles. The highest BCUT2D eigenvalue weighted by atomic mass is 35.5. The van der Waals surface area contributed by atoms with Crippen molar-refractivity contribution in [1.29, 1.82) is 0 Å². The second-order valence-electron chi connectivity index (χ2n) is 7.28. The minimum atomic E-state index is -0.111. The molecule has 0 aliphatic carbocycles. The Morgan fingerprint density at radius 3 is 2.57 bits per heavy atom. The van der Waals surface area contributed by atoms with E-state index in [0.29, 0.717) is 31.2 Å². The minimum Gasteiger partial charge on any atom is -0.379 e. The predicted octanol–water partition coefficient (Wildman–Crippen LogP) is 3.66. The molecule has 2 heterocycles. The number of hydrazone groups is 1. The smallest absolute Gasteiger partial charge is 0.257 e. The van der Waals surface area contributed by atoms with Gasteiger partial charge in [-0.2, -0.15) is 5.10 Å². The molecule has 1 atom stereocenters. The van der Waals surface area contributed by atoms with Gasteiger partial charge in [-0.25, -0.2) is 5.01 Å². The molecule has 2 aliphatic rings. The number of halogens is 1. The van der Waals surface area contributed by atoms with Crippen LogP contribution in [-0.4, -0.2) is 54.4 Å². The molecule has 1 saturated heterocycles. The lowest BCUT2D eigenvalue weighted by Crippen LogP contribution is -2.43. The summed E-state index contributed by atoms with van der Waals surface area (Å²) in [4.78, 5) is 15.3. The van der Waals surface area contributed by atoms with E-state index in [0.717, 1.165) is 29.9 Å². The van der Waals surface area contributed by atoms with E-state index in [1.165, 1.54) is 5.56 Å². The standard InChI is InChI=1S/C22H24ClN3O2/c1-16-6-8-17(9-7-16)21-14-20(18-4-2-3-5-19(18)23)24-26(21)22(27)15-25-10-12-28-13-11-25/h2-9,21H,10-15H2,1H3. The van der Waals surface area contributed by atoms with Crippen LogP contribution < -0.4 is 0 Å². The molecule has 2 aromatic rings. The third-order valence-corrected chi connectivity index (χ3v) is 5.60. The van der Waals surface area contributed by atoms with Gasteiger partial charge in [-0.3, -0.25) is 9.69 Å². The van der Waals surface area contributed by atoms with E-state index in [1.54, 1.807) is 5.01 Å². The molecule has 1 fully saturated rings. The highest BCUT2D eigenvalue weighted by Crippen LogP contribution is 2.34. The van der Waals surface area contributed by atoms with Gasteiger partial charge in [-0.15, -0.1) is 0 Å². The molecule has 4 rings (SSSR count). The SMILES string of the molecule is Cc1ccc(C2CC(c3ccccc3Cl)=NN2C(=O)CN2CCOCC2)cc1. The van der Waals surface area contributed by atoms with Gasteiger partial charge in [0.15, 0.2) is 0 Å². The number of nitrogens with zero attached hydrogens (tertiary/aromatic N) is 3. The van der Waals surface area contributed by atoms with Crippen molar-refractivity contribution >= 4 is 23.2 Å². The van der Waals surface area contributed by atoms with Crippen LogP contribution in [0.25, 0.3) is 0 Å². The van der Waals surface area contributed by atoms with Crippen molar-refractivity contribution in [2.75, 3.05) is 32.8 Å². The average molecular weight is 398 g/mol. The third kappa shape index (κ3) is 4.12. The number of carbonyl (C=O) groups is 1. The Morgan fingerprint density at radius 2 is 1.86 bits per heavy atom. The lowest BCUT2D eigenvalue weighted by Gasteiger charge is -2.29. The molecule has 0 N–H and O–H groups in total. The molecule has 0 radical (unpaired) electrons. The number of carbonyl (C=O) groups excluding carboxylic acids is 1. The maximum absolute atomic E-state index is 13.1. The van der Waals surface area contributed by atoms with Crippen LogP contribution in [0.5, 0.6) is 0 Å². The Labute approximate surface area is 170 Å². The van der Waals surface area contributed by atoms with Crippen molar-refractivity contribution < 1.29 is 9.53 Å². The highest BCUT2D eigenvalue weighted by molar-refractivity contribution is 6.34. The summed E-state index contributed by atoms with van der Waals surface area (Å²) in [5.74, 6) is 0.00882. The summed E-state index contributed by atoms with van der Waals surface area (Å²) in [5.41, 5.74) is 4.03. The molecule has 5 nitrogen and oxygen atoms in total. The molecule has 2 aliphatic heterocycles. The highest BCUT2D eigenvalue weighted by Gasteiger charge is 2.34. The molecule has 0 bridgehead atoms. The Morgan fingerprint density at radius 1 is 1.14 bits per heavy atom. The van der Waals surface area contributed by atoms with E-state index in [1.807, 2.05) is 24.3 Å². The molecule has 6 heteroatoms. The number of benzene rings is 2. The van der Waals surface area contributed by atoms with Crippen molar-refractivity contribution in [2.24, 2.45) is 5.10 Å². The second-order valence-corrected chi connectivity index (χ2v) is 7.69. The second kappa shape index (κ2) is 8.43. The summed E-state index contributed by atoms with van der Waals surface area (Å²) < 4.78 is 5.39. The molecule has 1 unspecified atom stereocenters. The fraction of sp³-hybridized carbons (Fsp3) is 0.364. The zero-order valence-corrected chi connectivity index (χ0v) is 16.7. The van der Waals surface area contributed by atoms with E-state index in [-0.39, 0.29) is 11.9 Å². The first-order valence-corrected chi connectivity index (χ1v) is 10.0. The number of amides is 1. The third-order valence-electron chi connectivity index (χ3n) is 5.28. The van der Waals surface area contributed by atoms with Crippen molar-refractivity contribution in [2.45, 2.75) is 19.4 Å². The van der Waals surface area contributed by atoms with Gasteiger partial charge >= 0.3 is 0 Å². The molecular weight excluding hydrogens is 374 g/mol. The Hall–Kier alpha value is -2.21. The minimum absolute atomic E-state index is 0.00882. The quantitative estimate of drug-likeness (QED) is 0.790. The fourth-order valence-electron chi connectivity index (χ4n) is 3.67. The molecular formula is C22H24ClN3O2. The van der Waals surface area contributed by atoms with Crippen LogP contribution in [0.2, 0.25) is 5.02 Å². The number of aryl methyl sites for hydroxylation is 1. The van der Waals surface area contributed by atoms with Crippen molar-refractivity contribution in [3.63, 3.8) is 0 Å². The lowest BCUT2D eigenvalue weighted by molar-refractivity contribution is -0.135. The lowest BCUT2D eigenvalue weighted by atomic mass is 9.97. The van der Waals surface area contributed by atoms with Gasteiger partial charge in [-0.05, 0) is 18.6 Å². The van der Waals surface area contributed by atoms with Crippen LogP contribution in [0, 0.1) is 6.92 Å². The van der Waals surface area contributed by atoms with Gasteiger partial charge in [0.25, 0.3) is 5.91 Å². The Kier molecular flexibility index (Phi) is 5.76. The molecule has 0 spiro atoms. The maximum Gasteiger partial charge on any atom is 0.257 e. The topological polar surface area (TPSA) is 45.1 Å². The van der Waals surface area contributed by atoms with Crippen LogP contribution in [-0.2, 0) is 9.53 Å². The first-order chi connectivity index (χ1) is 13.6. The zero-order chi connectivity index (χ0) is 19.5. The van der Waals surface area contributed by atoms with Gasteiger partial charge in [-0.1, -0.05) is 59.6 Å². The van der Waals surface area contributed by atoms with E-state index in [9.17, 15) is 4.79 Å². The van der Waals surface area contributed by atoms with Gasteiger partial charge in [0.2, 0.25) is 0 Å². The molecule has 28 heavy (non-hydrogen) atoms. The van der Waals surface area contributed by atoms with Crippen LogP contribution in [0.1, 0.15) is 29.2 Å². The van der Waals surface area contributed by atoms with Crippen LogP contribution >= 0.6 is 11.6 Å². The van der Waals surface area contributed by atoms with Crippen molar-refractivity contribution in [1.82, 2.24) is 9.91 Å². The molecule has 2 aromatic carbocycles. The van der Waals surface area contributed by atoms with Gasteiger partial charge in [0.1, 0.15) is 0 Å². The number of morpholine rings is 1. The van der Waals surface area contributed by atoms with E-state index in [4.69, 9.17) is 21.4 Å². The fourth-order valence-corrected chi connectivity index (χ4v) is 3.91. The summed E-state index contributed by atoms with van der Waals surface area (Å²) in [6, 6.07) is 15.9. The number of ether oxygens (including phenoxy) is 1. The van der Waals surface area contributed by atoms with Gasteiger partial charge in [0.05, 0.1) is 31.5 Å². The van der Waals surface area contributed by atoms with Gasteiger partial charge < -0.3 is 4.74 Å². The van der Waals surface area contributed by atoms with Crippen LogP contribution in [0.3, 0.4) is 0 Å². The average Bonchev–Trinajstić information content (AvgIpc) is 3.15. The first kappa shape index (κ1) is 19.1. The predicted molar refractivity (Wildman–Crippen MR) is 111 cm³/mol. The Bertz CT molecular complexity index is 876. The van der Waals surface area contributed by atoms with E-state index < -0.39 is 0 Å². The molecule has 146 valence electrons. The number of hydrogen-bond acceptors (Lipinski definition) is 4. The normalized spacial score (nSPS) is 20.3.